The Morgan fingerprint density at radius 3 is 2.79 bits per heavy atom. The van der Waals surface area contributed by atoms with Crippen molar-refractivity contribution >= 4 is 6.41 Å². The van der Waals surface area contributed by atoms with Crippen molar-refractivity contribution in [2.45, 2.75) is 18.9 Å². The minimum absolute atomic E-state index is 0.477. The summed E-state index contributed by atoms with van der Waals surface area (Å²) in [5, 5.41) is 3.34. The lowest BCUT2D eigenvalue weighted by atomic mass is 10.2. The Balaban J connectivity index is 1.80. The smallest absolute Gasteiger partial charge is 0.209 e. The Morgan fingerprint density at radius 2 is 2.07 bits per heavy atom. The molecule has 0 aromatic heterocycles. The zero-order valence-electron chi connectivity index (χ0n) is 8.61. The second-order valence-electron chi connectivity index (χ2n) is 4.19. The predicted octanol–water partition coefficient (Wildman–Crippen LogP) is -0.488. The third-order valence-corrected chi connectivity index (χ3v) is 3.24. The highest BCUT2D eigenvalue weighted by Gasteiger charge is 2.25. The number of hydrogen-bond donors (Lipinski definition) is 1. The first kappa shape index (κ1) is 9.93. The van der Waals surface area contributed by atoms with E-state index in [1.165, 1.54) is 12.8 Å². The Bertz CT molecular complexity index is 192. The Kier molecular flexibility index (Phi) is 3.37. The van der Waals surface area contributed by atoms with Crippen molar-refractivity contribution in [3.05, 3.63) is 0 Å². The molecule has 4 heteroatoms. The fraction of sp³-hybridized carbons (Fsp3) is 0.900. The number of nitrogens with one attached hydrogen (secondary N) is 1. The molecule has 0 aromatic rings. The number of carbonyl (C=O) groups excluding carboxylic acids is 1. The molecular formula is C10H19N3O. The summed E-state index contributed by atoms with van der Waals surface area (Å²) in [6, 6.07) is 0.477. The third-order valence-electron chi connectivity index (χ3n) is 3.24. The Labute approximate surface area is 85.2 Å². The number of nitrogens with zero attached hydrogens (tertiary/aromatic N) is 2. The standard InChI is InChI=1S/C10H19N3O/c14-9-13-5-1-2-10(13)8-12-6-3-11-4-7-12/h9-11H,1-8H2. The van der Waals surface area contributed by atoms with Crippen LogP contribution >= 0.6 is 0 Å². The molecule has 0 bridgehead atoms. The van der Waals surface area contributed by atoms with Gasteiger partial charge >= 0.3 is 0 Å². The SMILES string of the molecule is O=CN1CCCC1CN1CCNCC1. The van der Waals surface area contributed by atoms with Gasteiger partial charge in [0.2, 0.25) is 6.41 Å². The topological polar surface area (TPSA) is 35.6 Å². The van der Waals surface area contributed by atoms with Crippen LogP contribution in [0.25, 0.3) is 0 Å². The molecule has 2 heterocycles. The van der Waals surface area contributed by atoms with Crippen LogP contribution in [-0.4, -0.2) is 61.5 Å². The van der Waals surface area contributed by atoms with Crippen molar-refractivity contribution in [1.82, 2.24) is 15.1 Å². The van der Waals surface area contributed by atoms with Gasteiger partial charge in [0.15, 0.2) is 0 Å². The highest BCUT2D eigenvalue weighted by atomic mass is 16.1. The summed E-state index contributed by atoms with van der Waals surface area (Å²) < 4.78 is 0. The van der Waals surface area contributed by atoms with Gasteiger partial charge in [0.05, 0.1) is 0 Å². The van der Waals surface area contributed by atoms with E-state index in [0.717, 1.165) is 45.7 Å². The Hall–Kier alpha value is -0.610. The Morgan fingerprint density at radius 1 is 1.29 bits per heavy atom. The van der Waals surface area contributed by atoms with Gasteiger partial charge in [-0.15, -0.1) is 0 Å². The monoisotopic (exact) mass is 197 g/mol. The lowest BCUT2D eigenvalue weighted by molar-refractivity contribution is -0.119. The number of likely N-dealkylation sites (tertiary alicyclic amines) is 1. The minimum Gasteiger partial charge on any atom is -0.341 e. The van der Waals surface area contributed by atoms with Crippen molar-refractivity contribution in [2.24, 2.45) is 0 Å². The van der Waals surface area contributed by atoms with Gasteiger partial charge in [0.1, 0.15) is 0 Å². The number of rotatable bonds is 3. The molecule has 0 radical (unpaired) electrons. The van der Waals surface area contributed by atoms with Crippen LogP contribution in [0.2, 0.25) is 0 Å². The van der Waals surface area contributed by atoms with Gasteiger partial charge in [-0.25, -0.2) is 0 Å². The van der Waals surface area contributed by atoms with E-state index in [0.29, 0.717) is 6.04 Å². The summed E-state index contributed by atoms with van der Waals surface area (Å²) in [6.07, 6.45) is 3.37. The fourth-order valence-corrected chi connectivity index (χ4v) is 2.38. The van der Waals surface area contributed by atoms with Gasteiger partial charge in [0.25, 0.3) is 0 Å². The maximum absolute atomic E-state index is 10.8. The summed E-state index contributed by atoms with van der Waals surface area (Å²) in [4.78, 5) is 15.2. The van der Waals surface area contributed by atoms with E-state index in [9.17, 15) is 4.79 Å². The number of carbonyl (C=O) groups is 1. The molecule has 14 heavy (non-hydrogen) atoms. The molecule has 1 N–H and O–H groups in total. The predicted molar refractivity (Wildman–Crippen MR) is 55.1 cm³/mol. The summed E-state index contributed by atoms with van der Waals surface area (Å²) in [5.41, 5.74) is 0. The first-order valence-electron chi connectivity index (χ1n) is 5.54. The maximum atomic E-state index is 10.8. The third kappa shape index (κ3) is 2.25. The molecule has 1 amide bonds. The van der Waals surface area contributed by atoms with Gasteiger partial charge < -0.3 is 10.2 Å². The van der Waals surface area contributed by atoms with E-state index >= 15 is 0 Å². The molecule has 0 aliphatic carbocycles. The maximum Gasteiger partial charge on any atom is 0.209 e. The van der Waals surface area contributed by atoms with Gasteiger partial charge in [-0.2, -0.15) is 0 Å². The molecule has 2 fully saturated rings. The van der Waals surface area contributed by atoms with Crippen molar-refractivity contribution in [3.63, 3.8) is 0 Å². The van der Waals surface area contributed by atoms with Crippen LogP contribution in [-0.2, 0) is 4.79 Å². The fourth-order valence-electron chi connectivity index (χ4n) is 2.38. The van der Waals surface area contributed by atoms with Crippen molar-refractivity contribution in [2.75, 3.05) is 39.3 Å². The van der Waals surface area contributed by atoms with Crippen LogP contribution in [0.4, 0.5) is 0 Å². The summed E-state index contributed by atoms with van der Waals surface area (Å²) in [6.45, 7) is 6.47. The molecule has 0 spiro atoms. The molecule has 2 saturated heterocycles. The summed E-state index contributed by atoms with van der Waals surface area (Å²) in [7, 11) is 0. The van der Waals surface area contributed by atoms with E-state index < -0.39 is 0 Å². The van der Waals surface area contributed by atoms with Gasteiger partial charge in [-0.1, -0.05) is 0 Å². The molecule has 2 rings (SSSR count). The van der Waals surface area contributed by atoms with Gasteiger partial charge in [-0.3, -0.25) is 9.69 Å². The van der Waals surface area contributed by atoms with Crippen LogP contribution in [0.3, 0.4) is 0 Å². The van der Waals surface area contributed by atoms with E-state index in [1.807, 2.05) is 4.90 Å². The number of hydrogen-bond acceptors (Lipinski definition) is 3. The highest BCUT2D eigenvalue weighted by molar-refractivity contribution is 5.48. The van der Waals surface area contributed by atoms with E-state index in [2.05, 4.69) is 10.2 Å². The number of amides is 1. The molecule has 0 saturated carbocycles. The van der Waals surface area contributed by atoms with E-state index in [1.54, 1.807) is 0 Å². The van der Waals surface area contributed by atoms with Crippen LogP contribution < -0.4 is 5.32 Å². The lowest BCUT2D eigenvalue weighted by Gasteiger charge is -2.31. The molecule has 1 unspecified atom stereocenters. The van der Waals surface area contributed by atoms with Crippen LogP contribution in [0.5, 0.6) is 0 Å². The van der Waals surface area contributed by atoms with Gasteiger partial charge in [-0.05, 0) is 12.8 Å². The molecule has 80 valence electrons. The van der Waals surface area contributed by atoms with E-state index in [-0.39, 0.29) is 0 Å². The average molecular weight is 197 g/mol. The number of piperazine rings is 1. The molecule has 2 aliphatic rings. The zero-order chi connectivity index (χ0) is 9.80. The quantitative estimate of drug-likeness (QED) is 0.620. The average Bonchev–Trinajstić information content (AvgIpc) is 2.67. The zero-order valence-corrected chi connectivity index (χ0v) is 8.61. The first-order chi connectivity index (χ1) is 6.90. The first-order valence-corrected chi connectivity index (χ1v) is 5.54. The molecule has 1 atom stereocenters. The second-order valence-corrected chi connectivity index (χ2v) is 4.19. The molecule has 2 aliphatic heterocycles. The summed E-state index contributed by atoms with van der Waals surface area (Å²) >= 11 is 0. The summed E-state index contributed by atoms with van der Waals surface area (Å²) in [5.74, 6) is 0. The molecule has 0 aromatic carbocycles. The molecule has 4 nitrogen and oxygen atoms in total. The molecular weight excluding hydrogens is 178 g/mol. The van der Waals surface area contributed by atoms with Crippen molar-refractivity contribution in [1.29, 1.82) is 0 Å². The van der Waals surface area contributed by atoms with Gasteiger partial charge in [0, 0.05) is 45.3 Å². The van der Waals surface area contributed by atoms with Crippen LogP contribution in [0.1, 0.15) is 12.8 Å². The van der Waals surface area contributed by atoms with Crippen molar-refractivity contribution in [3.8, 4) is 0 Å². The largest absolute Gasteiger partial charge is 0.341 e. The van der Waals surface area contributed by atoms with Crippen molar-refractivity contribution < 1.29 is 4.79 Å². The lowest BCUT2D eigenvalue weighted by Crippen LogP contribution is -2.48. The van der Waals surface area contributed by atoms with Crippen LogP contribution in [0, 0.1) is 0 Å². The highest BCUT2D eigenvalue weighted by Crippen LogP contribution is 2.16. The normalized spacial score (nSPS) is 29.4. The van der Waals surface area contributed by atoms with E-state index in [4.69, 9.17) is 0 Å². The minimum atomic E-state index is 0.477. The second kappa shape index (κ2) is 4.75. The van der Waals surface area contributed by atoms with Crippen LogP contribution in [0.15, 0.2) is 0 Å².